The second-order valence-corrected chi connectivity index (χ2v) is 10.3. The summed E-state index contributed by atoms with van der Waals surface area (Å²) in [6.07, 6.45) is 3.31. The third-order valence-electron chi connectivity index (χ3n) is 7.69. The molecule has 39 heavy (non-hydrogen) atoms. The summed E-state index contributed by atoms with van der Waals surface area (Å²) in [6.45, 7) is 0.287. The van der Waals surface area contributed by atoms with Gasteiger partial charge >= 0.3 is 5.97 Å². The number of carboxylic acid groups (broad SMARTS) is 1. The minimum Gasteiger partial charge on any atom is -0.487 e. The lowest BCUT2D eigenvalue weighted by molar-refractivity contribution is -0.143. The van der Waals surface area contributed by atoms with Crippen molar-refractivity contribution in [3.8, 4) is 5.75 Å². The molecule has 0 saturated heterocycles. The number of para-hydroxylation sites is 1. The van der Waals surface area contributed by atoms with Crippen molar-refractivity contribution in [3.05, 3.63) is 102 Å². The van der Waals surface area contributed by atoms with Gasteiger partial charge in [-0.05, 0) is 48.2 Å². The predicted molar refractivity (Wildman–Crippen MR) is 148 cm³/mol. The first-order chi connectivity index (χ1) is 19.1. The van der Waals surface area contributed by atoms with Crippen molar-refractivity contribution in [3.63, 3.8) is 0 Å². The Labute approximate surface area is 226 Å². The molecule has 1 N–H and O–H groups in total. The van der Waals surface area contributed by atoms with Gasteiger partial charge in [0.1, 0.15) is 24.9 Å². The number of fused-ring (bicyclic) bond motifs is 2. The van der Waals surface area contributed by atoms with E-state index in [0.717, 1.165) is 58.3 Å². The van der Waals surface area contributed by atoms with Gasteiger partial charge in [-0.3, -0.25) is 4.79 Å². The van der Waals surface area contributed by atoms with Crippen LogP contribution in [-0.4, -0.2) is 25.6 Å². The minimum atomic E-state index is -0.773. The van der Waals surface area contributed by atoms with Crippen LogP contribution in [0.1, 0.15) is 54.2 Å². The molecule has 2 atom stereocenters. The minimum absolute atomic E-state index is 0.181. The zero-order valence-electron chi connectivity index (χ0n) is 21.6. The predicted octanol–water partition coefficient (Wildman–Crippen LogP) is 7.04. The summed E-state index contributed by atoms with van der Waals surface area (Å²) >= 11 is 0. The van der Waals surface area contributed by atoms with Gasteiger partial charge in [0.25, 0.3) is 0 Å². The van der Waals surface area contributed by atoms with Crippen LogP contribution in [0.15, 0.2) is 78.9 Å². The van der Waals surface area contributed by atoms with Crippen molar-refractivity contribution >= 4 is 27.9 Å². The van der Waals surface area contributed by atoms with Crippen LogP contribution >= 0.6 is 0 Å². The molecule has 7 heteroatoms. The van der Waals surface area contributed by atoms with E-state index in [4.69, 9.17) is 14.7 Å². The fraction of sp³-hybridized carbons (Fsp3) is 0.281. The Kier molecular flexibility index (Phi) is 6.97. The van der Waals surface area contributed by atoms with Crippen LogP contribution in [0.4, 0.5) is 4.39 Å². The van der Waals surface area contributed by atoms with Crippen molar-refractivity contribution in [1.29, 1.82) is 0 Å². The Hall–Kier alpha value is -4.26. The number of aliphatic carboxylic acids is 1. The maximum Gasteiger partial charge on any atom is 0.307 e. The molecular formula is C32H30FN3O3. The summed E-state index contributed by atoms with van der Waals surface area (Å²) < 4.78 is 21.6. The fourth-order valence-corrected chi connectivity index (χ4v) is 5.74. The normalized spacial score (nSPS) is 17.5. The number of halogens is 1. The number of aromatic nitrogens is 3. The molecule has 5 aromatic rings. The molecule has 2 heterocycles. The Morgan fingerprint density at radius 3 is 2.64 bits per heavy atom. The van der Waals surface area contributed by atoms with E-state index in [9.17, 15) is 14.3 Å². The number of carbonyl (C=O) groups is 1. The third kappa shape index (κ3) is 5.21. The first-order valence-corrected chi connectivity index (χ1v) is 13.4. The number of hydrogen-bond acceptors (Lipinski definition) is 4. The van der Waals surface area contributed by atoms with E-state index in [1.165, 1.54) is 0 Å². The van der Waals surface area contributed by atoms with Gasteiger partial charge in [0.2, 0.25) is 0 Å². The molecular weight excluding hydrogens is 493 g/mol. The molecule has 0 bridgehead atoms. The van der Waals surface area contributed by atoms with Crippen LogP contribution in [-0.2, 0) is 24.6 Å². The summed E-state index contributed by atoms with van der Waals surface area (Å²) in [4.78, 5) is 21.8. The van der Waals surface area contributed by atoms with Gasteiger partial charge in [0, 0.05) is 23.9 Å². The summed E-state index contributed by atoms with van der Waals surface area (Å²) in [5, 5.41) is 11.1. The van der Waals surface area contributed by atoms with E-state index in [0.29, 0.717) is 30.9 Å². The number of rotatable bonds is 8. The van der Waals surface area contributed by atoms with Crippen molar-refractivity contribution in [2.45, 2.75) is 51.4 Å². The average Bonchev–Trinajstić information content (AvgIpc) is 3.33. The molecule has 6 nitrogen and oxygen atoms in total. The largest absolute Gasteiger partial charge is 0.487 e. The van der Waals surface area contributed by atoms with E-state index >= 15 is 0 Å². The van der Waals surface area contributed by atoms with Crippen LogP contribution in [0.3, 0.4) is 0 Å². The van der Waals surface area contributed by atoms with Crippen LogP contribution in [0.2, 0.25) is 0 Å². The van der Waals surface area contributed by atoms with Gasteiger partial charge in [-0.1, -0.05) is 61.4 Å². The van der Waals surface area contributed by atoms with Gasteiger partial charge in [0.05, 0.1) is 28.2 Å². The fourth-order valence-electron chi connectivity index (χ4n) is 5.74. The maximum absolute atomic E-state index is 13.4. The molecule has 0 amide bonds. The lowest BCUT2D eigenvalue weighted by atomic mass is 9.78. The Morgan fingerprint density at radius 2 is 1.77 bits per heavy atom. The molecule has 198 valence electrons. The molecule has 0 unspecified atom stereocenters. The standard InChI is InChI=1S/C32H30FN3O3/c33-18-21-6-5-7-22(16-21)19-36-30-15-14-25(39-20-24-13-12-23-8-1-4-11-28(23)34-24)17-29(30)35-31(36)26-9-2-3-10-27(26)32(37)38/h1,4-8,11-17,26-27H,2-3,9-10,18-20H2,(H,37,38)/t26-,27+/m1/s1. The Balaban J connectivity index is 1.34. The van der Waals surface area contributed by atoms with Gasteiger partial charge in [-0.15, -0.1) is 0 Å². The zero-order valence-corrected chi connectivity index (χ0v) is 21.6. The number of alkyl halides is 1. The Bertz CT molecular complexity index is 1650. The van der Waals surface area contributed by atoms with E-state index in [1.54, 1.807) is 6.07 Å². The molecule has 1 fully saturated rings. The molecule has 3 aromatic carbocycles. The molecule has 2 aromatic heterocycles. The molecule has 0 spiro atoms. The van der Waals surface area contributed by atoms with Crippen molar-refractivity contribution in [1.82, 2.24) is 14.5 Å². The van der Waals surface area contributed by atoms with Crippen LogP contribution in [0.5, 0.6) is 5.75 Å². The number of imidazole rings is 1. The number of carboxylic acids is 1. The van der Waals surface area contributed by atoms with Crippen LogP contribution in [0, 0.1) is 5.92 Å². The molecule has 1 saturated carbocycles. The second-order valence-electron chi connectivity index (χ2n) is 10.3. The lowest BCUT2D eigenvalue weighted by Gasteiger charge is -2.28. The SMILES string of the molecule is O=C(O)[C@H]1CCCC[C@H]1c1nc2cc(OCc3ccc4ccccc4n3)ccc2n1Cc1cccc(CF)c1. The van der Waals surface area contributed by atoms with Crippen molar-refractivity contribution in [2.75, 3.05) is 0 Å². The van der Waals surface area contributed by atoms with Gasteiger partial charge in [-0.2, -0.15) is 0 Å². The summed E-state index contributed by atoms with van der Waals surface area (Å²) in [5.74, 6) is 0.0209. The van der Waals surface area contributed by atoms with E-state index < -0.39 is 18.6 Å². The van der Waals surface area contributed by atoms with Crippen molar-refractivity contribution in [2.24, 2.45) is 5.92 Å². The highest BCUT2D eigenvalue weighted by atomic mass is 19.1. The summed E-state index contributed by atoms with van der Waals surface area (Å²) in [7, 11) is 0. The second kappa shape index (κ2) is 10.8. The molecule has 1 aliphatic carbocycles. The summed E-state index contributed by atoms with van der Waals surface area (Å²) in [6, 6.07) is 25.2. The smallest absolute Gasteiger partial charge is 0.307 e. The topological polar surface area (TPSA) is 77.2 Å². The van der Waals surface area contributed by atoms with Gasteiger partial charge < -0.3 is 14.4 Å². The average molecular weight is 524 g/mol. The monoisotopic (exact) mass is 523 g/mol. The molecule has 0 aliphatic heterocycles. The van der Waals surface area contributed by atoms with Crippen molar-refractivity contribution < 1.29 is 19.0 Å². The van der Waals surface area contributed by atoms with Crippen LogP contribution in [0.25, 0.3) is 21.9 Å². The number of ether oxygens (including phenoxy) is 1. The van der Waals surface area contributed by atoms with Gasteiger partial charge in [0.15, 0.2) is 0 Å². The molecule has 1 aliphatic rings. The number of hydrogen-bond donors (Lipinski definition) is 1. The first-order valence-electron chi connectivity index (χ1n) is 13.4. The quantitative estimate of drug-likeness (QED) is 0.236. The Morgan fingerprint density at radius 1 is 0.923 bits per heavy atom. The number of nitrogens with zero attached hydrogens (tertiary/aromatic N) is 3. The van der Waals surface area contributed by atoms with E-state index in [1.807, 2.05) is 72.8 Å². The van der Waals surface area contributed by atoms with Crippen LogP contribution < -0.4 is 4.74 Å². The number of benzene rings is 3. The highest BCUT2D eigenvalue weighted by Gasteiger charge is 2.35. The molecule has 0 radical (unpaired) electrons. The number of pyridine rings is 1. The highest BCUT2D eigenvalue weighted by Crippen LogP contribution is 2.39. The highest BCUT2D eigenvalue weighted by molar-refractivity contribution is 5.79. The maximum atomic E-state index is 13.4. The first kappa shape index (κ1) is 25.0. The lowest BCUT2D eigenvalue weighted by Crippen LogP contribution is -2.27. The zero-order chi connectivity index (χ0) is 26.8. The third-order valence-corrected chi connectivity index (χ3v) is 7.69. The van der Waals surface area contributed by atoms with E-state index in [2.05, 4.69) is 4.57 Å². The molecule has 6 rings (SSSR count). The van der Waals surface area contributed by atoms with Gasteiger partial charge in [-0.25, -0.2) is 14.4 Å². The van der Waals surface area contributed by atoms with E-state index in [-0.39, 0.29) is 5.92 Å². The summed E-state index contributed by atoms with van der Waals surface area (Å²) in [5.41, 5.74) is 4.99.